The second-order valence-corrected chi connectivity index (χ2v) is 5.53. The van der Waals surface area contributed by atoms with Crippen LogP contribution in [-0.4, -0.2) is 22.4 Å². The van der Waals surface area contributed by atoms with E-state index in [9.17, 15) is 13.2 Å². The van der Waals surface area contributed by atoms with Crippen molar-refractivity contribution in [3.05, 3.63) is 18.0 Å². The molecule has 0 saturated heterocycles. The first kappa shape index (κ1) is 15.4. The molecule has 1 saturated carbocycles. The molecule has 1 aliphatic rings. The average Bonchev–Trinajstić information content (AvgIpc) is 3.04. The number of aromatic nitrogens is 2. The first-order valence-electron chi connectivity index (χ1n) is 7.34. The lowest BCUT2D eigenvalue weighted by molar-refractivity contribution is -0.141. The van der Waals surface area contributed by atoms with Crippen LogP contribution in [0, 0.1) is 5.92 Å². The van der Waals surface area contributed by atoms with E-state index in [4.69, 9.17) is 0 Å². The van der Waals surface area contributed by atoms with E-state index in [2.05, 4.69) is 17.3 Å². The molecule has 6 heteroatoms. The molecule has 1 heterocycles. The smallest absolute Gasteiger partial charge is 0.312 e. The van der Waals surface area contributed by atoms with Gasteiger partial charge in [-0.1, -0.05) is 19.8 Å². The molecule has 1 unspecified atom stereocenters. The highest BCUT2D eigenvalue weighted by Gasteiger charge is 2.34. The van der Waals surface area contributed by atoms with Crippen molar-refractivity contribution in [1.29, 1.82) is 0 Å². The van der Waals surface area contributed by atoms with Crippen LogP contribution in [0.3, 0.4) is 0 Å². The molecule has 114 valence electrons. The van der Waals surface area contributed by atoms with E-state index in [1.807, 2.05) is 0 Å². The minimum absolute atomic E-state index is 0.221. The van der Waals surface area contributed by atoms with Crippen LogP contribution >= 0.6 is 0 Å². The summed E-state index contributed by atoms with van der Waals surface area (Å²) in [6.07, 6.45) is 2.87. The zero-order valence-electron chi connectivity index (χ0n) is 11.8. The van der Waals surface area contributed by atoms with Gasteiger partial charge < -0.3 is 5.32 Å². The largest absolute Gasteiger partial charge is 0.435 e. The summed E-state index contributed by atoms with van der Waals surface area (Å²) in [6, 6.07) is 1.27. The maximum atomic E-state index is 12.6. The average molecular weight is 289 g/mol. The van der Waals surface area contributed by atoms with Crippen molar-refractivity contribution in [1.82, 2.24) is 15.1 Å². The lowest BCUT2D eigenvalue weighted by Gasteiger charge is -2.24. The predicted molar refractivity (Wildman–Crippen MR) is 71.3 cm³/mol. The van der Waals surface area contributed by atoms with E-state index in [0.717, 1.165) is 31.9 Å². The molecule has 0 spiro atoms. The molecule has 20 heavy (non-hydrogen) atoms. The van der Waals surface area contributed by atoms with Gasteiger partial charge in [0.2, 0.25) is 0 Å². The van der Waals surface area contributed by atoms with Crippen LogP contribution in [0.5, 0.6) is 0 Å². The third-order valence-electron chi connectivity index (χ3n) is 3.94. The third-order valence-corrected chi connectivity index (χ3v) is 3.94. The number of alkyl halides is 3. The summed E-state index contributed by atoms with van der Waals surface area (Å²) in [4.78, 5) is 0. The van der Waals surface area contributed by atoms with Crippen LogP contribution < -0.4 is 5.32 Å². The summed E-state index contributed by atoms with van der Waals surface area (Å²) in [6.45, 7) is 3.50. The van der Waals surface area contributed by atoms with Crippen LogP contribution in [-0.2, 0) is 12.7 Å². The highest BCUT2D eigenvalue weighted by molar-refractivity contribution is 5.03. The molecule has 2 rings (SSSR count). The van der Waals surface area contributed by atoms with Gasteiger partial charge in [0.1, 0.15) is 0 Å². The van der Waals surface area contributed by atoms with Gasteiger partial charge in [-0.25, -0.2) is 0 Å². The first-order chi connectivity index (χ1) is 9.50. The molecule has 3 nitrogen and oxygen atoms in total. The highest BCUT2D eigenvalue weighted by atomic mass is 19.4. The number of hydrogen-bond donors (Lipinski definition) is 1. The van der Waals surface area contributed by atoms with E-state index in [-0.39, 0.29) is 6.04 Å². The standard InChI is InChI=1S/C14H22F3N3/c1-2-8-18-12(11-5-3-4-6-11)10-20-9-7-13(19-20)14(15,16)17/h7,9,11-12,18H,2-6,8,10H2,1H3. The molecule has 0 aromatic carbocycles. The van der Waals surface area contributed by atoms with Gasteiger partial charge in [0, 0.05) is 12.2 Å². The maximum Gasteiger partial charge on any atom is 0.435 e. The normalized spacial score (nSPS) is 18.6. The molecule has 1 aromatic heterocycles. The molecule has 0 amide bonds. The number of rotatable bonds is 6. The Labute approximate surface area is 117 Å². The van der Waals surface area contributed by atoms with Gasteiger partial charge in [-0.2, -0.15) is 18.3 Å². The molecule has 1 fully saturated rings. The Morgan fingerprint density at radius 3 is 2.65 bits per heavy atom. The Bertz CT molecular complexity index is 408. The van der Waals surface area contributed by atoms with E-state index >= 15 is 0 Å². The van der Waals surface area contributed by atoms with Crippen molar-refractivity contribution in [2.45, 2.75) is 57.8 Å². The minimum Gasteiger partial charge on any atom is -0.312 e. The first-order valence-corrected chi connectivity index (χ1v) is 7.34. The molecule has 1 N–H and O–H groups in total. The van der Waals surface area contributed by atoms with Crippen LogP contribution in [0.1, 0.15) is 44.7 Å². The molecule has 0 radical (unpaired) electrons. The summed E-state index contributed by atoms with van der Waals surface area (Å²) in [5.74, 6) is 0.556. The van der Waals surface area contributed by atoms with Gasteiger partial charge in [-0.3, -0.25) is 4.68 Å². The van der Waals surface area contributed by atoms with E-state index in [1.54, 1.807) is 0 Å². The van der Waals surface area contributed by atoms with Gasteiger partial charge in [0.15, 0.2) is 5.69 Å². The fraction of sp³-hybridized carbons (Fsp3) is 0.786. The Morgan fingerprint density at radius 1 is 1.40 bits per heavy atom. The number of hydrogen-bond acceptors (Lipinski definition) is 2. The predicted octanol–water partition coefficient (Wildman–Crippen LogP) is 3.46. The van der Waals surface area contributed by atoms with E-state index in [1.165, 1.54) is 23.7 Å². The SMILES string of the molecule is CCCNC(Cn1ccc(C(F)(F)F)n1)C1CCCC1. The Morgan fingerprint density at radius 2 is 2.10 bits per heavy atom. The van der Waals surface area contributed by atoms with Gasteiger partial charge in [-0.05, 0) is 37.8 Å². The molecular formula is C14H22F3N3. The van der Waals surface area contributed by atoms with Crippen molar-refractivity contribution in [3.8, 4) is 0 Å². The van der Waals surface area contributed by atoms with Crippen molar-refractivity contribution < 1.29 is 13.2 Å². The van der Waals surface area contributed by atoms with Gasteiger partial charge in [-0.15, -0.1) is 0 Å². The molecule has 0 bridgehead atoms. The lowest BCUT2D eigenvalue weighted by atomic mass is 9.98. The van der Waals surface area contributed by atoms with Gasteiger partial charge >= 0.3 is 6.18 Å². The number of nitrogens with zero attached hydrogens (tertiary/aromatic N) is 2. The summed E-state index contributed by atoms with van der Waals surface area (Å²) >= 11 is 0. The summed E-state index contributed by atoms with van der Waals surface area (Å²) in [5.41, 5.74) is -0.807. The van der Waals surface area contributed by atoms with Crippen molar-refractivity contribution >= 4 is 0 Å². The van der Waals surface area contributed by atoms with Crippen molar-refractivity contribution in [2.75, 3.05) is 6.54 Å². The quantitative estimate of drug-likeness (QED) is 0.869. The van der Waals surface area contributed by atoms with Crippen LogP contribution in [0.4, 0.5) is 13.2 Å². The Kier molecular flexibility index (Phi) is 5.07. The number of halogens is 3. The summed E-state index contributed by atoms with van der Waals surface area (Å²) in [7, 11) is 0. The zero-order chi connectivity index (χ0) is 14.6. The Hall–Kier alpha value is -1.04. The molecule has 0 aliphatic heterocycles. The molecule has 1 aliphatic carbocycles. The van der Waals surface area contributed by atoms with Crippen molar-refractivity contribution in [3.63, 3.8) is 0 Å². The third kappa shape index (κ3) is 3.98. The van der Waals surface area contributed by atoms with Crippen molar-refractivity contribution in [2.24, 2.45) is 5.92 Å². The lowest BCUT2D eigenvalue weighted by Crippen LogP contribution is -2.39. The summed E-state index contributed by atoms with van der Waals surface area (Å²) < 4.78 is 39.1. The second-order valence-electron chi connectivity index (χ2n) is 5.53. The molecule has 1 aromatic rings. The molecule has 1 atom stereocenters. The zero-order valence-corrected chi connectivity index (χ0v) is 11.8. The minimum atomic E-state index is -4.36. The van der Waals surface area contributed by atoms with E-state index < -0.39 is 11.9 Å². The monoisotopic (exact) mass is 289 g/mol. The summed E-state index contributed by atoms with van der Waals surface area (Å²) in [5, 5.41) is 7.12. The fourth-order valence-corrected chi connectivity index (χ4v) is 2.89. The van der Waals surface area contributed by atoms with Crippen LogP contribution in [0.15, 0.2) is 12.3 Å². The second kappa shape index (κ2) is 6.61. The van der Waals surface area contributed by atoms with Crippen LogP contribution in [0.2, 0.25) is 0 Å². The topological polar surface area (TPSA) is 29.9 Å². The number of nitrogens with one attached hydrogen (secondary N) is 1. The van der Waals surface area contributed by atoms with E-state index in [0.29, 0.717) is 12.5 Å². The van der Waals surface area contributed by atoms with Gasteiger partial charge in [0.05, 0.1) is 6.54 Å². The molecular weight excluding hydrogens is 267 g/mol. The van der Waals surface area contributed by atoms with Crippen LogP contribution in [0.25, 0.3) is 0 Å². The Balaban J connectivity index is 2.01. The fourth-order valence-electron chi connectivity index (χ4n) is 2.89. The van der Waals surface area contributed by atoms with Gasteiger partial charge in [0.25, 0.3) is 0 Å². The maximum absolute atomic E-state index is 12.6. The highest BCUT2D eigenvalue weighted by Crippen LogP contribution is 2.30.